The minimum atomic E-state index is -0.511. The van der Waals surface area contributed by atoms with Gasteiger partial charge in [-0.3, -0.25) is 10.1 Å². The molecule has 2 aromatic rings. The molecule has 0 atom stereocenters. The number of nitrogens with two attached hydrogens (primary N) is 1. The van der Waals surface area contributed by atoms with E-state index in [4.69, 9.17) is 28.9 Å². The number of hydrogen-bond acceptors (Lipinski definition) is 4. The fraction of sp³-hybridized carbons (Fsp3) is 0.480. The number of benzene rings is 2. The largest absolute Gasteiger partial charge is 0.365 e. The number of hydrogen-bond donors (Lipinski definition) is 2. The predicted octanol–water partition coefficient (Wildman–Crippen LogP) is 4.52. The first-order valence-electron chi connectivity index (χ1n) is 11.6. The Bertz CT molecular complexity index is 1020. The number of halogens is 2. The number of aryl methyl sites for hydroxylation is 1. The lowest BCUT2D eigenvalue weighted by molar-refractivity contribution is -0.121. The summed E-state index contributed by atoms with van der Waals surface area (Å²) < 4.78 is 0. The third-order valence-corrected chi connectivity index (χ3v) is 7.63. The second-order valence-corrected chi connectivity index (χ2v) is 10.0. The van der Waals surface area contributed by atoms with Crippen LogP contribution in [0.4, 0.5) is 11.4 Å². The molecule has 5 rings (SSSR count). The van der Waals surface area contributed by atoms with Gasteiger partial charge in [-0.25, -0.2) is 0 Å². The van der Waals surface area contributed by atoms with Crippen LogP contribution < -0.4 is 20.9 Å². The number of nitrogens with one attached hydrogen (secondary N) is 1. The van der Waals surface area contributed by atoms with E-state index in [9.17, 15) is 4.79 Å². The molecule has 2 fully saturated rings. The molecule has 1 aliphatic heterocycles. The van der Waals surface area contributed by atoms with Gasteiger partial charge < -0.3 is 15.5 Å². The van der Waals surface area contributed by atoms with Crippen molar-refractivity contribution in [2.45, 2.75) is 56.7 Å². The predicted molar refractivity (Wildman–Crippen MR) is 132 cm³/mol. The standard InChI is InChI=1S/C25H30Cl2N4O/c26-20-15-18(21(27)14-17(20)4-3-11-28)16-29-25(9-10-25)24(32)31-13-12-30(19-7-8-19)22-5-1-2-6-23(22)31/h1-2,5-6,14-15,19,29H,3-4,7-13,16,28H2. The average Bonchev–Trinajstić information content (AvgIpc) is 3.72. The summed E-state index contributed by atoms with van der Waals surface area (Å²) in [5.41, 5.74) is 9.27. The monoisotopic (exact) mass is 472 g/mol. The average molecular weight is 473 g/mol. The van der Waals surface area contributed by atoms with E-state index in [1.54, 1.807) is 0 Å². The zero-order chi connectivity index (χ0) is 22.3. The minimum absolute atomic E-state index is 0.169. The van der Waals surface area contributed by atoms with Crippen LogP contribution in [0.15, 0.2) is 36.4 Å². The van der Waals surface area contributed by atoms with Gasteiger partial charge in [0.05, 0.1) is 16.9 Å². The van der Waals surface area contributed by atoms with Gasteiger partial charge >= 0.3 is 0 Å². The zero-order valence-electron chi connectivity index (χ0n) is 18.2. The van der Waals surface area contributed by atoms with Crippen molar-refractivity contribution in [3.63, 3.8) is 0 Å². The Labute approximate surface area is 199 Å². The first-order valence-corrected chi connectivity index (χ1v) is 12.4. The summed E-state index contributed by atoms with van der Waals surface area (Å²) in [5, 5.41) is 4.91. The number of carbonyl (C=O) groups excluding carboxylic acids is 1. The van der Waals surface area contributed by atoms with Crippen LogP contribution in [0.1, 0.15) is 43.2 Å². The lowest BCUT2D eigenvalue weighted by Crippen LogP contribution is -2.53. The van der Waals surface area contributed by atoms with Gasteiger partial charge in [-0.15, -0.1) is 0 Å². The smallest absolute Gasteiger partial charge is 0.247 e. The number of carbonyl (C=O) groups is 1. The molecule has 2 aromatic carbocycles. The van der Waals surface area contributed by atoms with Crippen LogP contribution in [0.5, 0.6) is 0 Å². The maximum absolute atomic E-state index is 13.7. The lowest BCUT2D eigenvalue weighted by atomic mass is 10.1. The molecule has 1 amide bonds. The third-order valence-electron chi connectivity index (χ3n) is 6.92. The van der Waals surface area contributed by atoms with Crippen molar-refractivity contribution < 1.29 is 4.79 Å². The molecule has 0 spiro atoms. The van der Waals surface area contributed by atoms with Crippen molar-refractivity contribution in [1.29, 1.82) is 0 Å². The number of fused-ring (bicyclic) bond motifs is 1. The van der Waals surface area contributed by atoms with E-state index in [1.165, 1.54) is 18.5 Å². The highest BCUT2D eigenvalue weighted by Gasteiger charge is 2.52. The van der Waals surface area contributed by atoms with E-state index in [0.29, 0.717) is 29.2 Å². The Morgan fingerprint density at radius 2 is 1.75 bits per heavy atom. The molecule has 7 heteroatoms. The fourth-order valence-electron chi connectivity index (χ4n) is 4.72. The Morgan fingerprint density at radius 3 is 2.44 bits per heavy atom. The second kappa shape index (κ2) is 8.86. The van der Waals surface area contributed by atoms with Gasteiger partial charge in [0.2, 0.25) is 5.91 Å². The molecule has 0 unspecified atom stereocenters. The molecule has 3 N–H and O–H groups in total. The van der Waals surface area contributed by atoms with Crippen LogP contribution >= 0.6 is 23.2 Å². The highest BCUT2D eigenvalue weighted by Crippen LogP contribution is 2.44. The number of nitrogens with zero attached hydrogens (tertiary/aromatic N) is 2. The van der Waals surface area contributed by atoms with E-state index in [2.05, 4.69) is 28.4 Å². The molecular formula is C25H30Cl2N4O. The summed E-state index contributed by atoms with van der Waals surface area (Å²) in [6, 6.07) is 12.8. The summed E-state index contributed by atoms with van der Waals surface area (Å²) in [6.45, 7) is 2.78. The van der Waals surface area contributed by atoms with Gasteiger partial charge in [-0.1, -0.05) is 35.3 Å². The highest BCUT2D eigenvalue weighted by molar-refractivity contribution is 6.34. The topological polar surface area (TPSA) is 61.6 Å². The quantitative estimate of drug-likeness (QED) is 0.592. The van der Waals surface area contributed by atoms with Crippen molar-refractivity contribution in [2.24, 2.45) is 5.73 Å². The normalized spacial score (nSPS) is 19.1. The summed E-state index contributed by atoms with van der Waals surface area (Å²) in [4.78, 5) is 18.1. The molecule has 0 saturated heterocycles. The van der Waals surface area contributed by atoms with Gasteiger partial charge in [0.15, 0.2) is 0 Å². The van der Waals surface area contributed by atoms with E-state index in [1.807, 2.05) is 23.1 Å². The molecule has 1 heterocycles. The first kappa shape index (κ1) is 22.0. The molecule has 170 valence electrons. The van der Waals surface area contributed by atoms with Crippen LogP contribution in [0.2, 0.25) is 10.0 Å². The van der Waals surface area contributed by atoms with Gasteiger partial charge in [-0.2, -0.15) is 0 Å². The molecule has 2 saturated carbocycles. The molecule has 0 bridgehead atoms. The number of rotatable bonds is 8. The van der Waals surface area contributed by atoms with Gasteiger partial charge in [0, 0.05) is 35.7 Å². The van der Waals surface area contributed by atoms with Crippen LogP contribution in [-0.2, 0) is 17.8 Å². The molecule has 0 radical (unpaired) electrons. The molecule has 32 heavy (non-hydrogen) atoms. The van der Waals surface area contributed by atoms with E-state index < -0.39 is 5.54 Å². The Kier molecular flexibility index (Phi) is 6.10. The van der Waals surface area contributed by atoms with Crippen LogP contribution in [0, 0.1) is 0 Å². The maximum atomic E-state index is 13.7. The molecule has 3 aliphatic rings. The van der Waals surface area contributed by atoms with E-state index >= 15 is 0 Å². The van der Waals surface area contributed by atoms with Crippen molar-refractivity contribution in [2.75, 3.05) is 29.4 Å². The minimum Gasteiger partial charge on any atom is -0.365 e. The summed E-state index contributed by atoms with van der Waals surface area (Å²) in [5.74, 6) is 0.169. The second-order valence-electron chi connectivity index (χ2n) is 9.23. The Balaban J connectivity index is 1.30. The lowest BCUT2D eigenvalue weighted by Gasteiger charge is -2.39. The van der Waals surface area contributed by atoms with Gasteiger partial charge in [0.1, 0.15) is 0 Å². The van der Waals surface area contributed by atoms with Crippen molar-refractivity contribution in [3.05, 3.63) is 57.6 Å². The SMILES string of the molecule is NCCCc1cc(Cl)c(CNC2(C(=O)N3CCN(C4CC4)c4ccccc43)CC2)cc1Cl. The molecule has 0 aromatic heterocycles. The van der Waals surface area contributed by atoms with Crippen molar-refractivity contribution >= 4 is 40.5 Å². The number of para-hydroxylation sites is 2. The van der Waals surface area contributed by atoms with E-state index in [-0.39, 0.29) is 5.91 Å². The molecule has 5 nitrogen and oxygen atoms in total. The summed E-state index contributed by atoms with van der Waals surface area (Å²) in [6.07, 6.45) is 5.88. The van der Waals surface area contributed by atoms with Gasteiger partial charge in [0.25, 0.3) is 0 Å². The van der Waals surface area contributed by atoms with Crippen LogP contribution in [-0.4, -0.2) is 37.1 Å². The summed E-state index contributed by atoms with van der Waals surface area (Å²) in [7, 11) is 0. The Morgan fingerprint density at radius 1 is 1.06 bits per heavy atom. The first-order chi connectivity index (χ1) is 15.5. The molecular weight excluding hydrogens is 443 g/mol. The van der Waals surface area contributed by atoms with Gasteiger partial charge in [-0.05, 0) is 80.5 Å². The van der Waals surface area contributed by atoms with E-state index in [0.717, 1.165) is 55.6 Å². The number of anilines is 2. The van der Waals surface area contributed by atoms with Crippen molar-refractivity contribution in [3.8, 4) is 0 Å². The third kappa shape index (κ3) is 4.24. The summed E-state index contributed by atoms with van der Waals surface area (Å²) >= 11 is 13.0. The highest BCUT2D eigenvalue weighted by atomic mass is 35.5. The zero-order valence-corrected chi connectivity index (χ0v) is 19.8. The van der Waals surface area contributed by atoms with Crippen LogP contribution in [0.25, 0.3) is 0 Å². The maximum Gasteiger partial charge on any atom is 0.247 e. The fourth-order valence-corrected chi connectivity index (χ4v) is 5.26. The number of amides is 1. The van der Waals surface area contributed by atoms with Crippen molar-refractivity contribution in [1.82, 2.24) is 5.32 Å². The Hall–Kier alpha value is -1.79. The molecule has 2 aliphatic carbocycles. The van der Waals surface area contributed by atoms with Crippen LogP contribution in [0.3, 0.4) is 0 Å².